The number of carbonyl (C=O) groups is 1. The summed E-state index contributed by atoms with van der Waals surface area (Å²) in [7, 11) is 0. The van der Waals surface area contributed by atoms with E-state index in [9.17, 15) is 4.79 Å². The van der Waals surface area contributed by atoms with E-state index in [1.165, 1.54) is 36.5 Å². The SMILES string of the molecule is CC1CCCCC1OCCNC(=O)NCc1ccc(N2CCSCC2)cc1. The minimum atomic E-state index is -0.132. The van der Waals surface area contributed by atoms with Crippen LogP contribution in [-0.4, -0.2) is 49.9 Å². The second-order valence-corrected chi connectivity index (χ2v) is 8.77. The third kappa shape index (κ3) is 6.61. The van der Waals surface area contributed by atoms with Gasteiger partial charge in [-0.1, -0.05) is 31.9 Å². The first kappa shape index (κ1) is 20.3. The van der Waals surface area contributed by atoms with Gasteiger partial charge in [-0.3, -0.25) is 0 Å². The molecule has 0 aromatic heterocycles. The number of anilines is 1. The van der Waals surface area contributed by atoms with Crippen LogP contribution in [0, 0.1) is 5.92 Å². The van der Waals surface area contributed by atoms with Crippen molar-refractivity contribution < 1.29 is 9.53 Å². The molecular formula is C21H33N3O2S. The van der Waals surface area contributed by atoms with Gasteiger partial charge < -0.3 is 20.3 Å². The monoisotopic (exact) mass is 391 g/mol. The average Bonchev–Trinajstić information content (AvgIpc) is 2.72. The van der Waals surface area contributed by atoms with Crippen LogP contribution < -0.4 is 15.5 Å². The molecule has 1 aromatic rings. The zero-order chi connectivity index (χ0) is 18.9. The highest BCUT2D eigenvalue weighted by molar-refractivity contribution is 7.99. The van der Waals surface area contributed by atoms with E-state index in [2.05, 4.69) is 46.7 Å². The maximum absolute atomic E-state index is 12.0. The van der Waals surface area contributed by atoms with Gasteiger partial charge in [0.1, 0.15) is 0 Å². The van der Waals surface area contributed by atoms with Crippen LogP contribution in [0.2, 0.25) is 0 Å². The Hall–Kier alpha value is -1.40. The summed E-state index contributed by atoms with van der Waals surface area (Å²) in [5.74, 6) is 3.04. The molecule has 2 unspecified atom stereocenters. The molecule has 2 N–H and O–H groups in total. The molecule has 1 aliphatic carbocycles. The molecule has 1 aliphatic heterocycles. The third-order valence-corrected chi connectivity index (χ3v) is 6.46. The Morgan fingerprint density at radius 1 is 1.15 bits per heavy atom. The lowest BCUT2D eigenvalue weighted by Gasteiger charge is -2.28. The molecule has 0 radical (unpaired) electrons. The molecule has 27 heavy (non-hydrogen) atoms. The first-order valence-electron chi connectivity index (χ1n) is 10.3. The first-order valence-corrected chi connectivity index (χ1v) is 11.4. The van der Waals surface area contributed by atoms with Crippen molar-refractivity contribution in [1.29, 1.82) is 0 Å². The van der Waals surface area contributed by atoms with Crippen LogP contribution in [0.3, 0.4) is 0 Å². The van der Waals surface area contributed by atoms with E-state index in [1.807, 2.05) is 11.8 Å². The highest BCUT2D eigenvalue weighted by Crippen LogP contribution is 2.26. The van der Waals surface area contributed by atoms with Crippen LogP contribution in [0.4, 0.5) is 10.5 Å². The van der Waals surface area contributed by atoms with Crippen molar-refractivity contribution in [1.82, 2.24) is 10.6 Å². The molecule has 0 bridgehead atoms. The number of ether oxygens (including phenoxy) is 1. The van der Waals surface area contributed by atoms with Crippen molar-refractivity contribution in [2.45, 2.75) is 45.3 Å². The lowest BCUT2D eigenvalue weighted by atomic mass is 9.88. The van der Waals surface area contributed by atoms with Gasteiger partial charge in [0, 0.05) is 43.4 Å². The standard InChI is InChI=1S/C21H33N3O2S/c1-17-4-2-3-5-20(17)26-13-10-22-21(25)23-16-18-6-8-19(9-7-18)24-11-14-27-15-12-24/h6-9,17,20H,2-5,10-16H2,1H3,(H2,22,23,25). The number of urea groups is 1. The summed E-state index contributed by atoms with van der Waals surface area (Å²) in [6.45, 7) is 6.19. The van der Waals surface area contributed by atoms with Crippen molar-refractivity contribution >= 4 is 23.5 Å². The van der Waals surface area contributed by atoms with E-state index in [0.717, 1.165) is 25.1 Å². The summed E-state index contributed by atoms with van der Waals surface area (Å²) in [5.41, 5.74) is 2.39. The van der Waals surface area contributed by atoms with Crippen LogP contribution in [0.5, 0.6) is 0 Å². The number of hydrogen-bond acceptors (Lipinski definition) is 4. The van der Waals surface area contributed by atoms with Crippen LogP contribution in [-0.2, 0) is 11.3 Å². The average molecular weight is 392 g/mol. The summed E-state index contributed by atoms with van der Waals surface area (Å²) in [5, 5.41) is 5.81. The fourth-order valence-electron chi connectivity index (χ4n) is 3.80. The molecule has 2 atom stereocenters. The van der Waals surface area contributed by atoms with Crippen LogP contribution in [0.1, 0.15) is 38.2 Å². The number of thioether (sulfide) groups is 1. The van der Waals surface area contributed by atoms with E-state index in [1.54, 1.807) is 0 Å². The van der Waals surface area contributed by atoms with Gasteiger partial charge in [0.15, 0.2) is 0 Å². The largest absolute Gasteiger partial charge is 0.376 e. The maximum Gasteiger partial charge on any atom is 0.315 e. The van der Waals surface area contributed by atoms with Crippen LogP contribution in [0.15, 0.2) is 24.3 Å². The minimum absolute atomic E-state index is 0.132. The second-order valence-electron chi connectivity index (χ2n) is 7.55. The van der Waals surface area contributed by atoms with Gasteiger partial charge in [-0.15, -0.1) is 0 Å². The summed E-state index contributed by atoms with van der Waals surface area (Å²) in [6, 6.07) is 8.39. The molecule has 2 amide bonds. The molecule has 1 aromatic carbocycles. The van der Waals surface area contributed by atoms with E-state index >= 15 is 0 Å². The lowest BCUT2D eigenvalue weighted by Crippen LogP contribution is -2.38. The van der Waals surface area contributed by atoms with Gasteiger partial charge >= 0.3 is 6.03 Å². The van der Waals surface area contributed by atoms with Gasteiger partial charge in [-0.2, -0.15) is 11.8 Å². The Balaban J connectivity index is 1.30. The lowest BCUT2D eigenvalue weighted by molar-refractivity contribution is -0.00243. The number of benzene rings is 1. The normalized spacial score (nSPS) is 23.1. The fourth-order valence-corrected chi connectivity index (χ4v) is 4.70. The van der Waals surface area contributed by atoms with Crippen LogP contribution >= 0.6 is 11.8 Å². The summed E-state index contributed by atoms with van der Waals surface area (Å²) >= 11 is 2.02. The molecule has 1 saturated heterocycles. The molecule has 2 fully saturated rings. The van der Waals surface area contributed by atoms with Crippen molar-refractivity contribution in [2.24, 2.45) is 5.92 Å². The van der Waals surface area contributed by atoms with Crippen molar-refractivity contribution in [3.05, 3.63) is 29.8 Å². The molecule has 1 saturated carbocycles. The molecule has 1 heterocycles. The Morgan fingerprint density at radius 2 is 1.89 bits per heavy atom. The molecule has 3 rings (SSSR count). The fraction of sp³-hybridized carbons (Fsp3) is 0.667. The Bertz CT molecular complexity index is 575. The van der Waals surface area contributed by atoms with Gasteiger partial charge in [0.25, 0.3) is 0 Å². The predicted octanol–water partition coefficient (Wildman–Crippen LogP) is 3.63. The molecular weight excluding hydrogens is 358 g/mol. The van der Waals surface area contributed by atoms with Gasteiger partial charge in [-0.05, 0) is 36.5 Å². The molecule has 2 aliphatic rings. The number of carbonyl (C=O) groups excluding carboxylic acids is 1. The zero-order valence-corrected chi connectivity index (χ0v) is 17.2. The Kier molecular flexibility index (Phi) is 8.14. The number of hydrogen-bond donors (Lipinski definition) is 2. The highest BCUT2D eigenvalue weighted by atomic mass is 32.2. The smallest absolute Gasteiger partial charge is 0.315 e. The van der Waals surface area contributed by atoms with Crippen LogP contribution in [0.25, 0.3) is 0 Å². The predicted molar refractivity (Wildman–Crippen MR) is 114 cm³/mol. The van der Waals surface area contributed by atoms with Gasteiger partial charge in [0.05, 0.1) is 12.7 Å². The van der Waals surface area contributed by atoms with E-state index in [4.69, 9.17) is 4.74 Å². The third-order valence-electron chi connectivity index (χ3n) is 5.52. The number of nitrogens with one attached hydrogen (secondary N) is 2. The summed E-state index contributed by atoms with van der Waals surface area (Å²) in [4.78, 5) is 14.4. The Labute approximate surface area is 167 Å². The number of nitrogens with zero attached hydrogens (tertiary/aromatic N) is 1. The van der Waals surface area contributed by atoms with Crippen molar-refractivity contribution in [2.75, 3.05) is 42.6 Å². The van der Waals surface area contributed by atoms with Crippen molar-refractivity contribution in [3.63, 3.8) is 0 Å². The quantitative estimate of drug-likeness (QED) is 0.697. The number of amides is 2. The summed E-state index contributed by atoms with van der Waals surface area (Å²) < 4.78 is 5.93. The second kappa shape index (κ2) is 10.8. The van der Waals surface area contributed by atoms with Crippen molar-refractivity contribution in [3.8, 4) is 0 Å². The topological polar surface area (TPSA) is 53.6 Å². The maximum atomic E-state index is 12.0. The first-order chi connectivity index (χ1) is 13.2. The Morgan fingerprint density at radius 3 is 2.63 bits per heavy atom. The molecule has 0 spiro atoms. The number of rotatable bonds is 7. The van der Waals surface area contributed by atoms with E-state index in [-0.39, 0.29) is 6.03 Å². The van der Waals surface area contributed by atoms with Gasteiger partial charge in [-0.25, -0.2) is 4.79 Å². The zero-order valence-electron chi connectivity index (χ0n) is 16.4. The van der Waals surface area contributed by atoms with E-state index < -0.39 is 0 Å². The molecule has 6 heteroatoms. The minimum Gasteiger partial charge on any atom is -0.376 e. The molecule has 150 valence electrons. The van der Waals surface area contributed by atoms with E-state index in [0.29, 0.717) is 31.7 Å². The summed E-state index contributed by atoms with van der Waals surface area (Å²) in [6.07, 6.45) is 5.35. The highest BCUT2D eigenvalue weighted by Gasteiger charge is 2.21. The molecule has 5 nitrogen and oxygen atoms in total. The van der Waals surface area contributed by atoms with Gasteiger partial charge in [0.2, 0.25) is 0 Å².